The lowest BCUT2D eigenvalue weighted by Gasteiger charge is -2.13. The third kappa shape index (κ3) is 3.79. The van der Waals surface area contributed by atoms with E-state index in [1.165, 1.54) is 6.07 Å². The van der Waals surface area contributed by atoms with Crippen molar-refractivity contribution in [3.05, 3.63) is 69.8 Å². The Morgan fingerprint density at radius 3 is 2.57 bits per heavy atom. The third-order valence-corrected chi connectivity index (χ3v) is 3.23. The normalized spacial score (nSPS) is 11.9. The monoisotopic (exact) mass is 286 g/mol. The van der Waals surface area contributed by atoms with E-state index in [0.717, 1.165) is 11.3 Å². The Morgan fingerprint density at radius 2 is 1.86 bits per heavy atom. The molecule has 0 aromatic heterocycles. The van der Waals surface area contributed by atoms with Crippen molar-refractivity contribution in [3.8, 4) is 5.75 Å². The molecule has 2 rings (SSSR count). The van der Waals surface area contributed by atoms with E-state index in [4.69, 9.17) is 10.5 Å². The van der Waals surface area contributed by atoms with Gasteiger partial charge in [-0.25, -0.2) is 0 Å². The largest absolute Gasteiger partial charge is 0.493 e. The zero-order valence-electron chi connectivity index (χ0n) is 11.9. The number of rotatable bonds is 6. The summed E-state index contributed by atoms with van der Waals surface area (Å²) < 4.78 is 5.73. The van der Waals surface area contributed by atoms with Gasteiger partial charge in [0.15, 0.2) is 0 Å². The molecule has 2 aromatic rings. The summed E-state index contributed by atoms with van der Waals surface area (Å²) in [5, 5.41) is 10.9. The summed E-state index contributed by atoms with van der Waals surface area (Å²) in [6.45, 7) is 2.26. The number of nitrogens with two attached hydrogens (primary N) is 1. The second kappa shape index (κ2) is 6.85. The van der Waals surface area contributed by atoms with Crippen LogP contribution in [0.1, 0.15) is 24.1 Å². The predicted molar refractivity (Wildman–Crippen MR) is 81.3 cm³/mol. The van der Waals surface area contributed by atoms with Crippen molar-refractivity contribution < 1.29 is 9.66 Å². The predicted octanol–water partition coefficient (Wildman–Crippen LogP) is 3.24. The van der Waals surface area contributed by atoms with Crippen LogP contribution in [0.3, 0.4) is 0 Å². The van der Waals surface area contributed by atoms with Crippen LogP contribution >= 0.6 is 0 Å². The first kappa shape index (κ1) is 15.0. The Morgan fingerprint density at radius 1 is 1.19 bits per heavy atom. The van der Waals surface area contributed by atoms with Crippen LogP contribution in [0, 0.1) is 10.1 Å². The molecule has 0 aliphatic rings. The summed E-state index contributed by atoms with van der Waals surface area (Å²) in [5.41, 5.74) is 7.62. The van der Waals surface area contributed by atoms with Gasteiger partial charge in [-0.2, -0.15) is 0 Å². The molecule has 0 aliphatic carbocycles. The van der Waals surface area contributed by atoms with Gasteiger partial charge in [0.05, 0.1) is 11.5 Å². The maximum absolute atomic E-state index is 10.9. The Labute approximate surface area is 123 Å². The zero-order chi connectivity index (χ0) is 15.2. The summed E-state index contributed by atoms with van der Waals surface area (Å²) in [4.78, 5) is 10.6. The number of hydrogen-bond acceptors (Lipinski definition) is 4. The first-order valence-electron chi connectivity index (χ1n) is 6.79. The van der Waals surface area contributed by atoms with Crippen LogP contribution in [0.25, 0.3) is 0 Å². The fourth-order valence-corrected chi connectivity index (χ4v) is 2.16. The minimum Gasteiger partial charge on any atom is -0.493 e. The highest BCUT2D eigenvalue weighted by Gasteiger charge is 2.12. The van der Waals surface area contributed by atoms with E-state index in [-0.39, 0.29) is 16.7 Å². The molecule has 0 fully saturated rings. The van der Waals surface area contributed by atoms with E-state index in [9.17, 15) is 10.1 Å². The fourth-order valence-electron chi connectivity index (χ4n) is 2.16. The second-order valence-electron chi connectivity index (χ2n) is 4.81. The topological polar surface area (TPSA) is 78.4 Å². The molecular formula is C16H18N2O3. The first-order chi connectivity index (χ1) is 10.1. The highest BCUT2D eigenvalue weighted by molar-refractivity contribution is 5.40. The molecule has 0 bridgehead atoms. The van der Waals surface area contributed by atoms with Crippen molar-refractivity contribution in [2.45, 2.75) is 19.4 Å². The van der Waals surface area contributed by atoms with Crippen LogP contribution in [0.2, 0.25) is 0 Å². The van der Waals surface area contributed by atoms with Crippen molar-refractivity contribution >= 4 is 5.69 Å². The van der Waals surface area contributed by atoms with E-state index in [1.807, 2.05) is 31.2 Å². The van der Waals surface area contributed by atoms with Gasteiger partial charge in [-0.15, -0.1) is 0 Å². The van der Waals surface area contributed by atoms with Gasteiger partial charge >= 0.3 is 0 Å². The summed E-state index contributed by atoms with van der Waals surface area (Å²) in [5.74, 6) is 0.728. The molecule has 2 N–H and O–H groups in total. The molecule has 110 valence electrons. The summed E-state index contributed by atoms with van der Waals surface area (Å²) in [6, 6.07) is 14.2. The van der Waals surface area contributed by atoms with Gasteiger partial charge < -0.3 is 10.5 Å². The second-order valence-corrected chi connectivity index (χ2v) is 4.81. The molecular weight excluding hydrogens is 268 g/mol. The van der Waals surface area contributed by atoms with Crippen molar-refractivity contribution in [1.29, 1.82) is 0 Å². The smallest absolute Gasteiger partial charge is 0.272 e. The van der Waals surface area contributed by atoms with Crippen molar-refractivity contribution in [2.24, 2.45) is 5.73 Å². The molecule has 0 heterocycles. The number of hydrogen-bond donors (Lipinski definition) is 1. The lowest BCUT2D eigenvalue weighted by atomic mass is 10.1. The molecule has 5 heteroatoms. The van der Waals surface area contributed by atoms with Crippen LogP contribution < -0.4 is 10.5 Å². The standard InChI is InChI=1S/C16H18N2O3/c1-12(17)14-7-3-5-9-16(14)21-11-10-13-6-2-4-8-15(13)18(19)20/h2-9,12H,10-11,17H2,1H3/t12-/m0/s1. The molecule has 0 aliphatic heterocycles. The molecule has 0 saturated carbocycles. The molecule has 0 radical (unpaired) electrons. The number of ether oxygens (including phenoxy) is 1. The van der Waals surface area contributed by atoms with Gasteiger partial charge in [0.1, 0.15) is 5.75 Å². The van der Waals surface area contributed by atoms with E-state index in [1.54, 1.807) is 18.2 Å². The van der Waals surface area contributed by atoms with Crippen molar-refractivity contribution in [1.82, 2.24) is 0 Å². The lowest BCUT2D eigenvalue weighted by Crippen LogP contribution is -2.10. The van der Waals surface area contributed by atoms with Crippen LogP contribution in [-0.2, 0) is 6.42 Å². The number of benzene rings is 2. The number of nitro benzene ring substituents is 1. The minimum absolute atomic E-state index is 0.118. The van der Waals surface area contributed by atoms with E-state index in [2.05, 4.69) is 0 Å². The van der Waals surface area contributed by atoms with Crippen molar-refractivity contribution in [2.75, 3.05) is 6.61 Å². The molecule has 5 nitrogen and oxygen atoms in total. The van der Waals surface area contributed by atoms with Crippen LogP contribution in [0.15, 0.2) is 48.5 Å². The van der Waals surface area contributed by atoms with Gasteiger partial charge in [0.25, 0.3) is 5.69 Å². The van der Waals surface area contributed by atoms with Gasteiger partial charge in [0.2, 0.25) is 0 Å². The third-order valence-electron chi connectivity index (χ3n) is 3.23. The highest BCUT2D eigenvalue weighted by Crippen LogP contribution is 2.24. The minimum atomic E-state index is -0.370. The van der Waals surface area contributed by atoms with Crippen LogP contribution in [-0.4, -0.2) is 11.5 Å². The van der Waals surface area contributed by atoms with E-state index in [0.29, 0.717) is 18.6 Å². The molecule has 0 amide bonds. The number of nitro groups is 1. The van der Waals surface area contributed by atoms with Crippen LogP contribution in [0.5, 0.6) is 5.75 Å². The maximum Gasteiger partial charge on any atom is 0.272 e. The lowest BCUT2D eigenvalue weighted by molar-refractivity contribution is -0.385. The quantitative estimate of drug-likeness (QED) is 0.653. The molecule has 2 aromatic carbocycles. The summed E-state index contributed by atoms with van der Waals surface area (Å²) in [7, 11) is 0. The Bertz CT molecular complexity index is 626. The van der Waals surface area contributed by atoms with E-state index >= 15 is 0 Å². The van der Waals surface area contributed by atoms with Gasteiger partial charge in [0, 0.05) is 29.7 Å². The molecule has 0 spiro atoms. The summed E-state index contributed by atoms with van der Waals surface area (Å²) >= 11 is 0. The fraction of sp³-hybridized carbons (Fsp3) is 0.250. The Kier molecular flexibility index (Phi) is 4.90. The number of nitrogens with zero attached hydrogens (tertiary/aromatic N) is 1. The zero-order valence-corrected chi connectivity index (χ0v) is 11.9. The first-order valence-corrected chi connectivity index (χ1v) is 6.79. The highest BCUT2D eigenvalue weighted by atomic mass is 16.6. The Balaban J connectivity index is 2.04. The van der Waals surface area contributed by atoms with Gasteiger partial charge in [-0.1, -0.05) is 36.4 Å². The average Bonchev–Trinajstić information content (AvgIpc) is 2.48. The van der Waals surface area contributed by atoms with E-state index < -0.39 is 0 Å². The molecule has 1 atom stereocenters. The van der Waals surface area contributed by atoms with Gasteiger partial charge in [-0.3, -0.25) is 10.1 Å². The average molecular weight is 286 g/mol. The maximum atomic E-state index is 10.9. The van der Waals surface area contributed by atoms with Gasteiger partial charge in [-0.05, 0) is 13.0 Å². The molecule has 0 unspecified atom stereocenters. The number of para-hydroxylation sites is 2. The van der Waals surface area contributed by atoms with Crippen molar-refractivity contribution in [3.63, 3.8) is 0 Å². The summed E-state index contributed by atoms with van der Waals surface area (Å²) in [6.07, 6.45) is 0.477. The molecule has 21 heavy (non-hydrogen) atoms. The molecule has 0 saturated heterocycles. The van der Waals surface area contributed by atoms with Crippen LogP contribution in [0.4, 0.5) is 5.69 Å². The SMILES string of the molecule is C[C@H](N)c1ccccc1OCCc1ccccc1[N+](=O)[O-]. The Hall–Kier alpha value is -2.40.